The molecule has 0 atom stereocenters. The van der Waals surface area contributed by atoms with E-state index in [0.717, 1.165) is 0 Å². The number of hydrogen-bond acceptors (Lipinski definition) is 3. The third-order valence-corrected chi connectivity index (χ3v) is 3.29. The van der Waals surface area contributed by atoms with E-state index in [0.29, 0.717) is 0 Å². The molecular weight excluding hydrogens is 354 g/mol. The Kier molecular flexibility index (Phi) is 6.21. The Labute approximate surface area is 147 Å². The van der Waals surface area contributed by atoms with Gasteiger partial charge in [0.1, 0.15) is 12.4 Å². The maximum Gasteiger partial charge on any atom is 0.290 e. The van der Waals surface area contributed by atoms with Crippen molar-refractivity contribution < 1.29 is 31.5 Å². The first-order chi connectivity index (χ1) is 12.4. The van der Waals surface area contributed by atoms with Gasteiger partial charge in [-0.05, 0) is 12.1 Å². The third kappa shape index (κ3) is 4.14. The molecule has 1 heterocycles. The van der Waals surface area contributed by atoms with Gasteiger partial charge in [0.2, 0.25) is 11.6 Å². The third-order valence-electron chi connectivity index (χ3n) is 3.29. The molecule has 0 fully saturated rings. The second kappa shape index (κ2) is 8.37. The number of amides is 1. The van der Waals surface area contributed by atoms with Crippen LogP contribution in [0.15, 0.2) is 47.9 Å². The quantitative estimate of drug-likeness (QED) is 0.397. The maximum atomic E-state index is 13.5. The summed E-state index contributed by atoms with van der Waals surface area (Å²) in [5, 5.41) is 0. The number of hydrogen-bond donors (Lipinski definition) is 0. The molecule has 2 rings (SSSR count). The van der Waals surface area contributed by atoms with Crippen LogP contribution in [0.5, 0.6) is 5.75 Å². The first kappa shape index (κ1) is 19.3. The lowest BCUT2D eigenvalue weighted by atomic mass is 10.3. The van der Waals surface area contributed by atoms with Crippen molar-refractivity contribution in [1.29, 1.82) is 0 Å². The van der Waals surface area contributed by atoms with E-state index in [4.69, 9.17) is 9.15 Å². The van der Waals surface area contributed by atoms with Gasteiger partial charge in [-0.15, -0.1) is 13.2 Å². The van der Waals surface area contributed by atoms with Crippen LogP contribution in [0.3, 0.4) is 0 Å². The lowest BCUT2D eigenvalue weighted by molar-refractivity contribution is 0.0754. The second-order valence-electron chi connectivity index (χ2n) is 5.14. The summed E-state index contributed by atoms with van der Waals surface area (Å²) in [6, 6.07) is 2.77. The molecule has 2 aromatic rings. The van der Waals surface area contributed by atoms with E-state index in [-0.39, 0.29) is 30.7 Å². The molecule has 1 amide bonds. The van der Waals surface area contributed by atoms with Crippen LogP contribution in [0.2, 0.25) is 0 Å². The topological polar surface area (TPSA) is 42.7 Å². The van der Waals surface area contributed by atoms with Crippen molar-refractivity contribution in [1.82, 2.24) is 4.90 Å². The molecule has 1 aromatic carbocycles. The number of ether oxygens (including phenoxy) is 1. The first-order valence-electron chi connectivity index (χ1n) is 7.44. The molecule has 138 valence electrons. The van der Waals surface area contributed by atoms with E-state index >= 15 is 0 Å². The lowest BCUT2D eigenvalue weighted by Crippen LogP contribution is -2.30. The van der Waals surface area contributed by atoms with Gasteiger partial charge in [0.05, 0.1) is 0 Å². The Balaban J connectivity index is 2.13. The van der Waals surface area contributed by atoms with E-state index in [1.165, 1.54) is 29.2 Å². The predicted octanol–water partition coefficient (Wildman–Crippen LogP) is 4.23. The lowest BCUT2D eigenvalue weighted by Gasteiger charge is -2.17. The number of carbonyl (C=O) groups excluding carboxylic acids is 1. The van der Waals surface area contributed by atoms with Gasteiger partial charge in [0.25, 0.3) is 5.91 Å². The number of carbonyl (C=O) groups is 1. The van der Waals surface area contributed by atoms with Gasteiger partial charge in [-0.3, -0.25) is 4.79 Å². The molecule has 0 bridgehead atoms. The van der Waals surface area contributed by atoms with Crippen LogP contribution in [0.25, 0.3) is 0 Å². The molecule has 26 heavy (non-hydrogen) atoms. The zero-order valence-corrected chi connectivity index (χ0v) is 13.6. The number of nitrogens with zero attached hydrogens (tertiary/aromatic N) is 1. The Morgan fingerprint density at radius 2 is 1.65 bits per heavy atom. The average molecular weight is 369 g/mol. The molecule has 0 aliphatic carbocycles. The molecule has 1 aromatic heterocycles. The van der Waals surface area contributed by atoms with Crippen LogP contribution in [0, 0.1) is 23.3 Å². The molecule has 0 saturated heterocycles. The smallest absolute Gasteiger partial charge is 0.290 e. The van der Waals surface area contributed by atoms with Crippen molar-refractivity contribution in [2.45, 2.75) is 6.61 Å². The first-order valence-corrected chi connectivity index (χ1v) is 7.44. The molecular formula is C18H15F4NO3. The zero-order chi connectivity index (χ0) is 19.3. The summed E-state index contributed by atoms with van der Waals surface area (Å²) >= 11 is 0. The van der Waals surface area contributed by atoms with Crippen LogP contribution >= 0.6 is 0 Å². The van der Waals surface area contributed by atoms with Crippen LogP contribution in [-0.4, -0.2) is 23.9 Å². The van der Waals surface area contributed by atoms with E-state index in [1.54, 1.807) is 0 Å². The molecule has 0 spiro atoms. The molecule has 0 unspecified atom stereocenters. The fraction of sp³-hybridized carbons (Fsp3) is 0.167. The van der Waals surface area contributed by atoms with Crippen molar-refractivity contribution in [3.8, 4) is 5.75 Å². The van der Waals surface area contributed by atoms with Crippen LogP contribution in [0.1, 0.15) is 16.3 Å². The molecule has 4 nitrogen and oxygen atoms in total. The summed E-state index contributed by atoms with van der Waals surface area (Å²) in [5.74, 6) is -8.15. The van der Waals surface area contributed by atoms with Gasteiger partial charge in [0.15, 0.2) is 23.1 Å². The monoisotopic (exact) mass is 369 g/mol. The fourth-order valence-corrected chi connectivity index (χ4v) is 2.10. The Morgan fingerprint density at radius 1 is 1.08 bits per heavy atom. The zero-order valence-electron chi connectivity index (χ0n) is 13.6. The second-order valence-corrected chi connectivity index (χ2v) is 5.14. The summed E-state index contributed by atoms with van der Waals surface area (Å²) in [4.78, 5) is 13.7. The highest BCUT2D eigenvalue weighted by Gasteiger charge is 2.22. The fourth-order valence-electron chi connectivity index (χ4n) is 2.10. The highest BCUT2D eigenvalue weighted by molar-refractivity contribution is 5.91. The van der Waals surface area contributed by atoms with E-state index in [2.05, 4.69) is 13.2 Å². The van der Waals surface area contributed by atoms with Gasteiger partial charge in [-0.1, -0.05) is 12.2 Å². The minimum Gasteiger partial charge on any atom is -0.479 e. The summed E-state index contributed by atoms with van der Waals surface area (Å²) in [5.41, 5.74) is 0. The molecule has 0 N–H and O–H groups in total. The van der Waals surface area contributed by atoms with Gasteiger partial charge >= 0.3 is 0 Å². The Morgan fingerprint density at radius 3 is 2.19 bits per heavy atom. The van der Waals surface area contributed by atoms with Gasteiger partial charge in [-0.2, -0.15) is 8.78 Å². The minimum atomic E-state index is -1.66. The average Bonchev–Trinajstić information content (AvgIpc) is 3.08. The summed E-state index contributed by atoms with van der Waals surface area (Å²) in [6.45, 7) is 7.08. The SMILES string of the molecule is C=CCN(CC=C)C(=O)c1ccc(COc2c(F)c(F)cc(F)c2F)o1. The summed E-state index contributed by atoms with van der Waals surface area (Å²) in [6.07, 6.45) is 3.05. The summed E-state index contributed by atoms with van der Waals surface area (Å²) < 4.78 is 63.4. The van der Waals surface area contributed by atoms with Crippen LogP contribution in [-0.2, 0) is 6.61 Å². The van der Waals surface area contributed by atoms with Crippen LogP contribution in [0.4, 0.5) is 17.6 Å². The molecule has 0 radical (unpaired) electrons. The van der Waals surface area contributed by atoms with Gasteiger partial charge < -0.3 is 14.1 Å². The Bertz CT molecular complexity index is 796. The van der Waals surface area contributed by atoms with Gasteiger partial charge in [-0.25, -0.2) is 8.78 Å². The van der Waals surface area contributed by atoms with E-state index < -0.39 is 41.5 Å². The minimum absolute atomic E-state index is 0.0361. The standard InChI is InChI=1S/C18H15F4NO3/c1-3-7-23(8-4-2)18(24)14-6-5-11(26-14)10-25-17-15(21)12(19)9-13(20)16(17)22/h3-6,9H,1-2,7-8,10H2. The van der Waals surface area contributed by atoms with Crippen molar-refractivity contribution in [3.05, 3.63) is 78.3 Å². The molecule has 0 aliphatic rings. The molecule has 0 saturated carbocycles. The predicted molar refractivity (Wildman–Crippen MR) is 85.6 cm³/mol. The number of benzene rings is 1. The summed E-state index contributed by atoms with van der Waals surface area (Å²) in [7, 11) is 0. The number of furan rings is 1. The highest BCUT2D eigenvalue weighted by atomic mass is 19.2. The molecule has 8 heteroatoms. The number of rotatable bonds is 8. The van der Waals surface area contributed by atoms with Crippen molar-refractivity contribution >= 4 is 5.91 Å². The molecule has 0 aliphatic heterocycles. The van der Waals surface area contributed by atoms with E-state index in [1.807, 2.05) is 0 Å². The maximum absolute atomic E-state index is 13.5. The van der Waals surface area contributed by atoms with E-state index in [9.17, 15) is 22.4 Å². The van der Waals surface area contributed by atoms with Crippen LogP contribution < -0.4 is 4.74 Å². The van der Waals surface area contributed by atoms with Crippen molar-refractivity contribution in [2.24, 2.45) is 0 Å². The van der Waals surface area contributed by atoms with Crippen molar-refractivity contribution in [3.63, 3.8) is 0 Å². The number of halogens is 4. The largest absolute Gasteiger partial charge is 0.479 e. The Hall–Kier alpha value is -3.03. The highest BCUT2D eigenvalue weighted by Crippen LogP contribution is 2.27. The van der Waals surface area contributed by atoms with Crippen molar-refractivity contribution in [2.75, 3.05) is 13.1 Å². The normalized spacial score (nSPS) is 10.5. The van der Waals surface area contributed by atoms with Gasteiger partial charge in [0, 0.05) is 19.2 Å².